The van der Waals surface area contributed by atoms with E-state index in [-0.39, 0.29) is 16.3 Å². The van der Waals surface area contributed by atoms with Gasteiger partial charge in [-0.1, -0.05) is 37.8 Å². The van der Waals surface area contributed by atoms with E-state index in [1.807, 2.05) is 6.92 Å². The molecular weight excluding hydrogens is 357 g/mol. The Morgan fingerprint density at radius 3 is 2.48 bits per heavy atom. The minimum atomic E-state index is -5.01. The van der Waals surface area contributed by atoms with Crippen molar-refractivity contribution in [1.82, 2.24) is 5.01 Å². The first kappa shape index (κ1) is 19.7. The molecule has 4 nitrogen and oxygen atoms in total. The zero-order valence-electron chi connectivity index (χ0n) is 13.8. The number of hydrogen-bond donors (Lipinski definition) is 1. The van der Waals surface area contributed by atoms with Gasteiger partial charge in [0, 0.05) is 22.7 Å². The number of amides is 1. The van der Waals surface area contributed by atoms with Gasteiger partial charge in [-0.05, 0) is 37.1 Å². The second-order valence-electron chi connectivity index (χ2n) is 6.09. The fraction of sp³-hybridized carbons (Fsp3) is 0.529. The van der Waals surface area contributed by atoms with Crippen molar-refractivity contribution in [2.45, 2.75) is 57.3 Å². The minimum Gasteiger partial charge on any atom is -0.362 e. The Morgan fingerprint density at radius 1 is 1.28 bits per heavy atom. The van der Waals surface area contributed by atoms with Crippen molar-refractivity contribution in [3.63, 3.8) is 0 Å². The van der Waals surface area contributed by atoms with Gasteiger partial charge in [0.25, 0.3) is 11.6 Å². The van der Waals surface area contributed by atoms with Crippen LogP contribution in [0.25, 0.3) is 0 Å². The van der Waals surface area contributed by atoms with Crippen LogP contribution in [0.3, 0.4) is 0 Å². The summed E-state index contributed by atoms with van der Waals surface area (Å²) >= 11 is 5.73. The second kappa shape index (κ2) is 7.74. The number of carbonyl (C=O) groups excluding carboxylic acids is 1. The number of alkyl halides is 3. The van der Waals surface area contributed by atoms with Gasteiger partial charge in [0.1, 0.15) is 0 Å². The highest BCUT2D eigenvalue weighted by Crippen LogP contribution is 2.41. The standard InChI is InChI=1S/C17H20ClF3N2O2/c1-2-3-4-5-6-14-11-16(25,17(19,20)21)23(22-14)15(24)12-7-9-13(18)10-8-12/h7-10,25H,2-6,11H2,1H3. The summed E-state index contributed by atoms with van der Waals surface area (Å²) in [4.78, 5) is 12.5. The molecule has 0 aromatic heterocycles. The van der Waals surface area contributed by atoms with E-state index < -0.39 is 24.2 Å². The molecule has 8 heteroatoms. The van der Waals surface area contributed by atoms with E-state index in [1.54, 1.807) is 0 Å². The van der Waals surface area contributed by atoms with Crippen molar-refractivity contribution in [3.8, 4) is 0 Å². The smallest absolute Gasteiger partial charge is 0.362 e. The Kier molecular flexibility index (Phi) is 6.11. The van der Waals surface area contributed by atoms with E-state index in [1.165, 1.54) is 24.3 Å². The molecule has 1 heterocycles. The number of hydrogen-bond acceptors (Lipinski definition) is 3. The van der Waals surface area contributed by atoms with E-state index in [4.69, 9.17) is 11.6 Å². The maximum atomic E-state index is 13.4. The zero-order valence-corrected chi connectivity index (χ0v) is 14.6. The molecule has 1 atom stereocenters. The van der Waals surface area contributed by atoms with Crippen LogP contribution in [-0.2, 0) is 0 Å². The fourth-order valence-corrected chi connectivity index (χ4v) is 2.79. The van der Waals surface area contributed by atoms with E-state index >= 15 is 0 Å². The zero-order chi connectivity index (χ0) is 18.7. The summed E-state index contributed by atoms with van der Waals surface area (Å²) in [5.74, 6) is -1.01. The van der Waals surface area contributed by atoms with Crippen LogP contribution in [0, 0.1) is 0 Å². The van der Waals surface area contributed by atoms with Crippen LogP contribution in [0.5, 0.6) is 0 Å². The molecular formula is C17H20ClF3N2O2. The first-order chi connectivity index (χ1) is 11.7. The third-order valence-corrected chi connectivity index (χ3v) is 4.35. The molecule has 2 rings (SSSR count). The summed E-state index contributed by atoms with van der Waals surface area (Å²) in [6.07, 6.45) is -1.90. The topological polar surface area (TPSA) is 52.9 Å². The fourth-order valence-electron chi connectivity index (χ4n) is 2.66. The highest BCUT2D eigenvalue weighted by atomic mass is 35.5. The van der Waals surface area contributed by atoms with Gasteiger partial charge in [0.05, 0.1) is 0 Å². The number of nitrogens with zero attached hydrogens (tertiary/aromatic N) is 2. The number of halogens is 4. The number of benzene rings is 1. The van der Waals surface area contributed by atoms with E-state index in [9.17, 15) is 23.1 Å². The molecule has 1 aromatic rings. The number of unbranched alkanes of at least 4 members (excludes halogenated alkanes) is 3. The van der Waals surface area contributed by atoms with Gasteiger partial charge in [-0.25, -0.2) is 0 Å². The molecule has 0 bridgehead atoms. The van der Waals surface area contributed by atoms with Crippen LogP contribution in [0.2, 0.25) is 5.02 Å². The number of carbonyl (C=O) groups is 1. The molecule has 0 radical (unpaired) electrons. The predicted molar refractivity (Wildman–Crippen MR) is 89.4 cm³/mol. The average Bonchev–Trinajstić information content (AvgIpc) is 2.89. The van der Waals surface area contributed by atoms with Crippen molar-refractivity contribution < 1.29 is 23.1 Å². The Balaban J connectivity index is 2.24. The van der Waals surface area contributed by atoms with Crippen LogP contribution in [0.15, 0.2) is 29.4 Å². The van der Waals surface area contributed by atoms with Crippen molar-refractivity contribution in [3.05, 3.63) is 34.9 Å². The molecule has 1 N–H and O–H groups in total. The van der Waals surface area contributed by atoms with Gasteiger partial charge in [0.2, 0.25) is 0 Å². The summed E-state index contributed by atoms with van der Waals surface area (Å²) in [6.45, 7) is 2.03. The highest BCUT2D eigenvalue weighted by Gasteiger charge is 2.63. The Labute approximate surface area is 149 Å². The van der Waals surface area contributed by atoms with Gasteiger partial charge in [-0.2, -0.15) is 23.3 Å². The predicted octanol–water partition coefficient (Wildman–Crippen LogP) is 4.76. The SMILES string of the molecule is CCCCCCC1=NN(C(=O)c2ccc(Cl)cc2)C(O)(C(F)(F)F)C1. The van der Waals surface area contributed by atoms with E-state index in [0.29, 0.717) is 17.9 Å². The third-order valence-electron chi connectivity index (χ3n) is 4.10. The van der Waals surface area contributed by atoms with Crippen molar-refractivity contribution in [1.29, 1.82) is 0 Å². The van der Waals surface area contributed by atoms with Gasteiger partial charge in [-0.15, -0.1) is 0 Å². The summed E-state index contributed by atoms with van der Waals surface area (Å²) < 4.78 is 40.2. The molecule has 138 valence electrons. The Morgan fingerprint density at radius 2 is 1.92 bits per heavy atom. The first-order valence-electron chi connectivity index (χ1n) is 8.14. The minimum absolute atomic E-state index is 0.0249. The van der Waals surface area contributed by atoms with Crippen molar-refractivity contribution in [2.24, 2.45) is 5.10 Å². The van der Waals surface area contributed by atoms with Crippen LogP contribution < -0.4 is 0 Å². The van der Waals surface area contributed by atoms with Crippen molar-refractivity contribution in [2.75, 3.05) is 0 Å². The average molecular weight is 377 g/mol. The molecule has 0 spiro atoms. The maximum absolute atomic E-state index is 13.4. The normalized spacial score (nSPS) is 20.7. The first-order valence-corrected chi connectivity index (χ1v) is 8.52. The van der Waals surface area contributed by atoms with Gasteiger partial charge >= 0.3 is 6.18 Å². The molecule has 0 fully saturated rings. The largest absolute Gasteiger partial charge is 0.438 e. The lowest BCUT2D eigenvalue weighted by Crippen LogP contribution is -2.56. The molecule has 1 aromatic carbocycles. The molecule has 1 amide bonds. The Hall–Kier alpha value is -1.60. The molecule has 0 saturated carbocycles. The Bertz CT molecular complexity index is 646. The molecule has 0 aliphatic carbocycles. The molecule has 1 aliphatic rings. The van der Waals surface area contributed by atoms with E-state index in [0.717, 1.165) is 19.3 Å². The van der Waals surface area contributed by atoms with Gasteiger partial charge < -0.3 is 5.11 Å². The van der Waals surface area contributed by atoms with Crippen LogP contribution in [0.4, 0.5) is 13.2 Å². The molecule has 0 saturated heterocycles. The number of hydrazone groups is 1. The van der Waals surface area contributed by atoms with Crippen LogP contribution in [-0.4, -0.2) is 33.6 Å². The highest BCUT2D eigenvalue weighted by molar-refractivity contribution is 6.30. The maximum Gasteiger partial charge on any atom is 0.438 e. The van der Waals surface area contributed by atoms with Crippen molar-refractivity contribution >= 4 is 23.2 Å². The monoisotopic (exact) mass is 376 g/mol. The van der Waals surface area contributed by atoms with Gasteiger partial charge in [-0.3, -0.25) is 4.79 Å². The summed E-state index contributed by atoms with van der Waals surface area (Å²) in [5.41, 5.74) is -3.16. The lowest BCUT2D eigenvalue weighted by molar-refractivity contribution is -0.297. The molecule has 1 aliphatic heterocycles. The van der Waals surface area contributed by atoms with Crippen LogP contribution >= 0.6 is 11.6 Å². The molecule has 25 heavy (non-hydrogen) atoms. The van der Waals surface area contributed by atoms with Gasteiger partial charge in [0.15, 0.2) is 0 Å². The lowest BCUT2D eigenvalue weighted by Gasteiger charge is -2.32. The quantitative estimate of drug-likeness (QED) is 0.727. The van der Waals surface area contributed by atoms with Crippen LogP contribution in [0.1, 0.15) is 55.8 Å². The third kappa shape index (κ3) is 4.33. The lowest BCUT2D eigenvalue weighted by atomic mass is 10.0. The van der Waals surface area contributed by atoms with E-state index in [2.05, 4.69) is 5.10 Å². The second-order valence-corrected chi connectivity index (χ2v) is 6.53. The number of rotatable bonds is 6. The summed E-state index contributed by atoms with van der Waals surface area (Å²) in [6, 6.07) is 5.40. The number of aliphatic hydroxyl groups is 1. The summed E-state index contributed by atoms with van der Waals surface area (Å²) in [7, 11) is 0. The molecule has 1 unspecified atom stereocenters. The summed E-state index contributed by atoms with van der Waals surface area (Å²) in [5, 5.41) is 14.5.